The van der Waals surface area contributed by atoms with Crippen molar-refractivity contribution in [1.82, 2.24) is 4.90 Å². The minimum atomic E-state index is -3.88. The fraction of sp³-hybridized carbons (Fsp3) is 0.238. The minimum Gasteiger partial charge on any atom is -0.509 e. The van der Waals surface area contributed by atoms with E-state index in [4.69, 9.17) is 0 Å². The molecule has 0 saturated carbocycles. The predicted octanol–water partition coefficient (Wildman–Crippen LogP) is 3.06. The van der Waals surface area contributed by atoms with Gasteiger partial charge in [-0.15, -0.1) is 0 Å². The van der Waals surface area contributed by atoms with Crippen LogP contribution in [0.4, 0.5) is 0 Å². The number of carbonyl (C=O) groups excluding carboxylic acids is 1. The van der Waals surface area contributed by atoms with Crippen molar-refractivity contribution >= 4 is 21.6 Å². The third-order valence-corrected chi connectivity index (χ3v) is 6.38. The van der Waals surface area contributed by atoms with E-state index in [1.807, 2.05) is 44.2 Å². The highest BCUT2D eigenvalue weighted by molar-refractivity contribution is 7.90. The number of hydrogen-bond donors (Lipinski definition) is 1. The van der Waals surface area contributed by atoms with Gasteiger partial charge in [0.25, 0.3) is 15.9 Å². The Bertz CT molecular complexity index is 1120. The van der Waals surface area contributed by atoms with E-state index in [1.165, 1.54) is 6.07 Å². The molecule has 1 N–H and O–H groups in total. The van der Waals surface area contributed by atoms with Gasteiger partial charge in [-0.1, -0.05) is 62.4 Å². The molecule has 6 nitrogen and oxygen atoms in total. The molecular weight excluding hydrogens is 376 g/mol. The second-order valence-corrected chi connectivity index (χ2v) is 8.85. The molecule has 4 rings (SSSR count). The zero-order valence-electron chi connectivity index (χ0n) is 15.5. The van der Waals surface area contributed by atoms with Gasteiger partial charge in [0.15, 0.2) is 0 Å². The molecule has 7 heteroatoms. The lowest BCUT2D eigenvalue weighted by Crippen LogP contribution is -2.38. The highest BCUT2D eigenvalue weighted by atomic mass is 32.2. The maximum atomic E-state index is 13.3. The van der Waals surface area contributed by atoms with E-state index in [9.17, 15) is 18.3 Å². The van der Waals surface area contributed by atoms with Crippen LogP contribution in [0.1, 0.15) is 25.0 Å². The van der Waals surface area contributed by atoms with Crippen molar-refractivity contribution in [3.8, 4) is 0 Å². The summed E-state index contributed by atoms with van der Waals surface area (Å²) in [6, 6.07) is 15.3. The van der Waals surface area contributed by atoms with Crippen LogP contribution in [0.2, 0.25) is 0 Å². The first-order valence-electron chi connectivity index (χ1n) is 9.04. The summed E-state index contributed by atoms with van der Waals surface area (Å²) in [6.45, 7) is 4.14. The normalized spacial score (nSPS) is 20.7. The summed E-state index contributed by atoms with van der Waals surface area (Å²) in [5, 5.41) is 10.9. The summed E-state index contributed by atoms with van der Waals surface area (Å²) in [5.74, 6) is -0.591. The van der Waals surface area contributed by atoms with Gasteiger partial charge in [-0.3, -0.25) is 4.79 Å². The first kappa shape index (κ1) is 18.4. The molecule has 0 saturated heterocycles. The maximum Gasteiger partial charge on any atom is 0.283 e. The lowest BCUT2D eigenvalue weighted by atomic mass is 9.98. The number of rotatable bonds is 4. The molecule has 2 aromatic rings. The standard InChI is InChI=1S/C21H20N2O4S/c1-13(2)19-20(24)17(21(25)23(19)12-14-8-4-3-5-9-14)18-15-10-6-7-11-16(15)28(26,27)22-18/h3-11,13,19,24H,12H2,1-2H3. The molecule has 0 radical (unpaired) electrons. The summed E-state index contributed by atoms with van der Waals surface area (Å²) in [7, 11) is -3.88. The second kappa shape index (κ2) is 6.60. The van der Waals surface area contributed by atoms with Crippen LogP contribution < -0.4 is 0 Å². The average molecular weight is 396 g/mol. The molecule has 0 aromatic heterocycles. The van der Waals surface area contributed by atoms with E-state index in [2.05, 4.69) is 4.40 Å². The summed E-state index contributed by atoms with van der Waals surface area (Å²) in [5.41, 5.74) is 1.28. The first-order valence-corrected chi connectivity index (χ1v) is 10.5. The van der Waals surface area contributed by atoms with Crippen molar-refractivity contribution in [3.05, 3.63) is 77.1 Å². The number of benzene rings is 2. The molecule has 1 amide bonds. The van der Waals surface area contributed by atoms with Gasteiger partial charge in [0.05, 0.1) is 10.9 Å². The van der Waals surface area contributed by atoms with Gasteiger partial charge in [-0.25, -0.2) is 0 Å². The quantitative estimate of drug-likeness (QED) is 0.860. The van der Waals surface area contributed by atoms with E-state index >= 15 is 0 Å². The van der Waals surface area contributed by atoms with Crippen molar-refractivity contribution in [2.24, 2.45) is 10.3 Å². The van der Waals surface area contributed by atoms with Crippen LogP contribution in [-0.2, 0) is 21.4 Å². The molecule has 2 aliphatic rings. The zero-order valence-corrected chi connectivity index (χ0v) is 16.3. The number of hydrogen-bond acceptors (Lipinski definition) is 4. The smallest absolute Gasteiger partial charge is 0.283 e. The molecule has 1 unspecified atom stereocenters. The number of aliphatic hydroxyl groups excluding tert-OH is 1. The Kier molecular flexibility index (Phi) is 4.34. The van der Waals surface area contributed by atoms with Gasteiger partial charge in [-0.05, 0) is 17.5 Å². The molecule has 144 valence electrons. The van der Waals surface area contributed by atoms with E-state index in [0.717, 1.165) is 5.56 Å². The van der Waals surface area contributed by atoms with Crippen molar-refractivity contribution in [2.45, 2.75) is 31.3 Å². The monoisotopic (exact) mass is 396 g/mol. The first-order chi connectivity index (χ1) is 13.3. The third-order valence-electron chi connectivity index (χ3n) is 5.04. The molecule has 0 bridgehead atoms. The molecular formula is C21H20N2O4S. The topological polar surface area (TPSA) is 87.0 Å². The Morgan fingerprint density at radius 3 is 2.39 bits per heavy atom. The summed E-state index contributed by atoms with van der Waals surface area (Å²) in [4.78, 5) is 14.9. The number of amides is 1. The number of carbonyl (C=O) groups is 1. The summed E-state index contributed by atoms with van der Waals surface area (Å²) >= 11 is 0. The summed E-state index contributed by atoms with van der Waals surface area (Å²) < 4.78 is 28.6. The molecule has 0 spiro atoms. The fourth-order valence-corrected chi connectivity index (χ4v) is 5.03. The van der Waals surface area contributed by atoms with Crippen LogP contribution in [0.3, 0.4) is 0 Å². The van der Waals surface area contributed by atoms with Gasteiger partial charge in [-0.2, -0.15) is 12.8 Å². The second-order valence-electron chi connectivity index (χ2n) is 7.28. The molecule has 0 aliphatic carbocycles. The molecule has 1 atom stereocenters. The zero-order chi connectivity index (χ0) is 20.1. The van der Waals surface area contributed by atoms with E-state index in [-0.39, 0.29) is 27.9 Å². The van der Waals surface area contributed by atoms with Crippen molar-refractivity contribution in [3.63, 3.8) is 0 Å². The van der Waals surface area contributed by atoms with Crippen LogP contribution in [0.5, 0.6) is 0 Å². The van der Waals surface area contributed by atoms with Gasteiger partial charge >= 0.3 is 0 Å². The Balaban J connectivity index is 1.81. The van der Waals surface area contributed by atoms with E-state index in [0.29, 0.717) is 12.1 Å². The van der Waals surface area contributed by atoms with Gasteiger partial charge in [0.1, 0.15) is 17.0 Å². The highest BCUT2D eigenvalue weighted by Gasteiger charge is 2.45. The Labute approximate surface area is 163 Å². The van der Waals surface area contributed by atoms with Crippen LogP contribution in [0.15, 0.2) is 75.2 Å². The lowest BCUT2D eigenvalue weighted by Gasteiger charge is -2.28. The molecule has 28 heavy (non-hydrogen) atoms. The minimum absolute atomic E-state index is 0.0249. The third kappa shape index (κ3) is 2.82. The predicted molar refractivity (Wildman–Crippen MR) is 105 cm³/mol. The number of aliphatic hydroxyl groups is 1. The largest absolute Gasteiger partial charge is 0.509 e. The number of fused-ring (bicyclic) bond motifs is 1. The van der Waals surface area contributed by atoms with Gasteiger partial charge in [0, 0.05) is 12.1 Å². The average Bonchev–Trinajstić information content (AvgIpc) is 3.06. The number of nitrogens with zero attached hydrogens (tertiary/aromatic N) is 2. The van der Waals surface area contributed by atoms with E-state index < -0.39 is 22.0 Å². The SMILES string of the molecule is CC(C)C1C(O)=C(C2=NS(=O)(=O)c3ccccc32)C(=O)N1Cc1ccccc1. The highest BCUT2D eigenvalue weighted by Crippen LogP contribution is 2.37. The molecule has 2 heterocycles. The Morgan fingerprint density at radius 1 is 1.07 bits per heavy atom. The van der Waals surface area contributed by atoms with Crippen LogP contribution in [0.25, 0.3) is 0 Å². The molecule has 0 fully saturated rings. The van der Waals surface area contributed by atoms with Crippen molar-refractivity contribution in [1.29, 1.82) is 0 Å². The van der Waals surface area contributed by atoms with Crippen LogP contribution >= 0.6 is 0 Å². The molecule has 2 aromatic carbocycles. The van der Waals surface area contributed by atoms with Crippen LogP contribution in [-0.4, -0.2) is 36.1 Å². The Hall–Kier alpha value is -2.93. The lowest BCUT2D eigenvalue weighted by molar-refractivity contribution is -0.128. The van der Waals surface area contributed by atoms with E-state index in [1.54, 1.807) is 23.1 Å². The van der Waals surface area contributed by atoms with Gasteiger partial charge < -0.3 is 10.0 Å². The molecule has 2 aliphatic heterocycles. The Morgan fingerprint density at radius 2 is 1.71 bits per heavy atom. The number of sulfonamides is 1. The van der Waals surface area contributed by atoms with Gasteiger partial charge in [0.2, 0.25) is 0 Å². The van der Waals surface area contributed by atoms with Crippen molar-refractivity contribution < 1.29 is 18.3 Å². The van der Waals surface area contributed by atoms with Crippen molar-refractivity contribution in [2.75, 3.05) is 0 Å². The van der Waals surface area contributed by atoms with Crippen LogP contribution in [0, 0.1) is 5.92 Å². The maximum absolute atomic E-state index is 13.3. The summed E-state index contributed by atoms with van der Waals surface area (Å²) in [6.07, 6.45) is 0. The fourth-order valence-electron chi connectivity index (χ4n) is 3.81.